The van der Waals surface area contributed by atoms with Crippen molar-refractivity contribution < 1.29 is 4.79 Å². The molecule has 0 aromatic heterocycles. The van der Waals surface area contributed by atoms with E-state index in [1.807, 2.05) is 0 Å². The van der Waals surface area contributed by atoms with Crippen molar-refractivity contribution in [2.75, 3.05) is 6.54 Å². The molecule has 2 aliphatic carbocycles. The van der Waals surface area contributed by atoms with Crippen LogP contribution in [-0.4, -0.2) is 23.4 Å². The van der Waals surface area contributed by atoms with Gasteiger partial charge in [0.05, 0.1) is 0 Å². The molecule has 5 rings (SSSR count). The van der Waals surface area contributed by atoms with Crippen molar-refractivity contribution >= 4 is 5.91 Å². The standard InChI is InChI=1S/C25H30N2O/c26-24-18-10-6-11-19(24)14-21(13-18)25(28)27-15-20-9-4-5-12-22(20)23(16-27)17-7-2-1-3-8-17/h1-5,7-9,12,18-19,21,23-24H,6,10-11,13-16,26H2. The molecular formula is C25H30N2O. The van der Waals surface area contributed by atoms with Gasteiger partial charge in [-0.25, -0.2) is 0 Å². The van der Waals surface area contributed by atoms with Crippen LogP contribution < -0.4 is 5.73 Å². The molecule has 3 aliphatic rings. The summed E-state index contributed by atoms with van der Waals surface area (Å²) in [5, 5.41) is 0. The van der Waals surface area contributed by atoms with Crippen molar-refractivity contribution in [1.82, 2.24) is 4.90 Å². The molecule has 28 heavy (non-hydrogen) atoms. The van der Waals surface area contributed by atoms with Crippen LogP contribution in [-0.2, 0) is 11.3 Å². The summed E-state index contributed by atoms with van der Waals surface area (Å²) in [6, 6.07) is 19.6. The maximum atomic E-state index is 13.6. The van der Waals surface area contributed by atoms with Crippen molar-refractivity contribution in [1.29, 1.82) is 0 Å². The first-order chi connectivity index (χ1) is 13.7. The lowest BCUT2D eigenvalue weighted by Crippen LogP contribution is -2.50. The van der Waals surface area contributed by atoms with Gasteiger partial charge < -0.3 is 10.6 Å². The summed E-state index contributed by atoms with van der Waals surface area (Å²) in [5.74, 6) is 1.88. The number of rotatable bonds is 2. The van der Waals surface area contributed by atoms with Gasteiger partial charge in [-0.1, -0.05) is 61.0 Å². The topological polar surface area (TPSA) is 46.3 Å². The summed E-state index contributed by atoms with van der Waals surface area (Å²) in [5.41, 5.74) is 10.4. The summed E-state index contributed by atoms with van der Waals surface area (Å²) < 4.78 is 0. The first kappa shape index (κ1) is 17.9. The SMILES string of the molecule is NC1C2CCCC1CC(C(=O)N1Cc3ccccc3C(c3ccccc3)C1)C2. The van der Waals surface area contributed by atoms with Gasteiger partial charge in [-0.05, 0) is 54.2 Å². The van der Waals surface area contributed by atoms with Crippen molar-refractivity contribution in [3.63, 3.8) is 0 Å². The van der Waals surface area contributed by atoms with Gasteiger partial charge in [-0.15, -0.1) is 0 Å². The Hall–Kier alpha value is -2.13. The molecule has 3 unspecified atom stereocenters. The van der Waals surface area contributed by atoms with Gasteiger partial charge in [0, 0.05) is 31.0 Å². The summed E-state index contributed by atoms with van der Waals surface area (Å²) in [6.07, 6.45) is 5.68. The predicted octanol–water partition coefficient (Wildman–Crippen LogP) is 4.31. The molecule has 2 N–H and O–H groups in total. The second-order valence-corrected chi connectivity index (χ2v) is 9.08. The zero-order chi connectivity index (χ0) is 19.1. The molecular weight excluding hydrogens is 344 g/mol. The van der Waals surface area contributed by atoms with Crippen molar-refractivity contribution in [2.45, 2.75) is 50.6 Å². The van der Waals surface area contributed by atoms with Crippen LogP contribution in [0, 0.1) is 17.8 Å². The maximum Gasteiger partial charge on any atom is 0.226 e. The van der Waals surface area contributed by atoms with Crippen LogP contribution in [0.25, 0.3) is 0 Å². The predicted molar refractivity (Wildman–Crippen MR) is 112 cm³/mol. The number of hydrogen-bond acceptors (Lipinski definition) is 2. The summed E-state index contributed by atoms with van der Waals surface area (Å²) >= 11 is 0. The van der Waals surface area contributed by atoms with E-state index in [-0.39, 0.29) is 11.8 Å². The van der Waals surface area contributed by atoms with Gasteiger partial charge in [0.15, 0.2) is 0 Å². The Morgan fingerprint density at radius 2 is 1.61 bits per heavy atom. The average Bonchev–Trinajstić information content (AvgIpc) is 2.73. The Morgan fingerprint density at radius 3 is 2.36 bits per heavy atom. The molecule has 146 valence electrons. The number of carbonyl (C=O) groups excluding carboxylic acids is 1. The first-order valence-corrected chi connectivity index (χ1v) is 10.9. The van der Waals surface area contributed by atoms with Crippen LogP contribution in [0.2, 0.25) is 0 Å². The highest BCUT2D eigenvalue weighted by molar-refractivity contribution is 5.79. The molecule has 3 nitrogen and oxygen atoms in total. The third-order valence-corrected chi connectivity index (χ3v) is 7.47. The zero-order valence-corrected chi connectivity index (χ0v) is 16.5. The summed E-state index contributed by atoms with van der Waals surface area (Å²) in [4.78, 5) is 15.7. The van der Waals surface area contributed by atoms with Gasteiger partial charge in [0.2, 0.25) is 5.91 Å². The average molecular weight is 375 g/mol. The molecule has 0 spiro atoms. The quantitative estimate of drug-likeness (QED) is 0.851. The number of nitrogens with zero attached hydrogens (tertiary/aromatic N) is 1. The molecule has 0 radical (unpaired) electrons. The summed E-state index contributed by atoms with van der Waals surface area (Å²) in [6.45, 7) is 1.54. The maximum absolute atomic E-state index is 13.6. The molecule has 2 aromatic rings. The van der Waals surface area contributed by atoms with Gasteiger partial charge in [0.1, 0.15) is 0 Å². The Labute approximate surface area is 167 Å². The van der Waals surface area contributed by atoms with E-state index in [4.69, 9.17) is 5.73 Å². The van der Waals surface area contributed by atoms with Crippen molar-refractivity contribution in [3.05, 3.63) is 71.3 Å². The number of fused-ring (bicyclic) bond motifs is 3. The van der Waals surface area contributed by atoms with Crippen molar-refractivity contribution in [2.24, 2.45) is 23.5 Å². The number of amides is 1. The minimum atomic E-state index is 0.164. The second kappa shape index (κ2) is 7.36. The minimum absolute atomic E-state index is 0.164. The Bertz CT molecular complexity index is 835. The number of benzene rings is 2. The third-order valence-electron chi connectivity index (χ3n) is 7.47. The smallest absolute Gasteiger partial charge is 0.226 e. The third kappa shape index (κ3) is 3.16. The zero-order valence-electron chi connectivity index (χ0n) is 16.5. The number of hydrogen-bond donors (Lipinski definition) is 1. The van der Waals surface area contributed by atoms with E-state index in [9.17, 15) is 4.79 Å². The Kier molecular flexibility index (Phi) is 4.72. The Morgan fingerprint density at radius 1 is 0.929 bits per heavy atom. The van der Waals surface area contributed by atoms with E-state index in [1.165, 1.54) is 36.0 Å². The molecule has 2 bridgehead atoms. The lowest BCUT2D eigenvalue weighted by atomic mass is 9.64. The van der Waals surface area contributed by atoms with Crippen LogP contribution >= 0.6 is 0 Å². The van der Waals surface area contributed by atoms with E-state index < -0.39 is 0 Å². The van der Waals surface area contributed by atoms with Gasteiger partial charge >= 0.3 is 0 Å². The highest BCUT2D eigenvalue weighted by Gasteiger charge is 2.42. The van der Waals surface area contributed by atoms with Gasteiger partial charge in [-0.2, -0.15) is 0 Å². The fraction of sp³-hybridized carbons (Fsp3) is 0.480. The van der Waals surface area contributed by atoms with Crippen molar-refractivity contribution in [3.8, 4) is 0 Å². The van der Waals surface area contributed by atoms with E-state index >= 15 is 0 Å². The molecule has 3 atom stereocenters. The fourth-order valence-corrected chi connectivity index (χ4v) is 5.99. The van der Waals surface area contributed by atoms with Crippen LogP contribution in [0.15, 0.2) is 54.6 Å². The highest BCUT2D eigenvalue weighted by Crippen LogP contribution is 2.43. The number of carbonyl (C=O) groups is 1. The molecule has 0 saturated heterocycles. The van der Waals surface area contributed by atoms with E-state index in [0.29, 0.717) is 23.8 Å². The first-order valence-electron chi connectivity index (χ1n) is 10.9. The molecule has 2 saturated carbocycles. The van der Waals surface area contributed by atoms with E-state index in [1.54, 1.807) is 0 Å². The lowest BCUT2D eigenvalue weighted by Gasteiger charge is -2.45. The van der Waals surface area contributed by atoms with Gasteiger partial charge in [-0.3, -0.25) is 4.79 Å². The summed E-state index contributed by atoms with van der Waals surface area (Å²) in [7, 11) is 0. The normalized spacial score (nSPS) is 31.9. The van der Waals surface area contributed by atoms with Crippen LogP contribution in [0.3, 0.4) is 0 Å². The van der Waals surface area contributed by atoms with E-state index in [2.05, 4.69) is 59.5 Å². The minimum Gasteiger partial charge on any atom is -0.337 e. The highest BCUT2D eigenvalue weighted by atomic mass is 16.2. The van der Waals surface area contributed by atoms with Crippen LogP contribution in [0.1, 0.15) is 54.7 Å². The Balaban J connectivity index is 1.41. The van der Waals surface area contributed by atoms with Crippen LogP contribution in [0.4, 0.5) is 0 Å². The molecule has 2 fully saturated rings. The molecule has 1 amide bonds. The molecule has 3 heteroatoms. The monoisotopic (exact) mass is 374 g/mol. The lowest BCUT2D eigenvalue weighted by molar-refractivity contribution is -0.139. The van der Waals surface area contributed by atoms with E-state index in [0.717, 1.165) is 25.9 Å². The largest absolute Gasteiger partial charge is 0.337 e. The van der Waals surface area contributed by atoms with Crippen LogP contribution in [0.5, 0.6) is 0 Å². The van der Waals surface area contributed by atoms with Gasteiger partial charge in [0.25, 0.3) is 0 Å². The second-order valence-electron chi connectivity index (χ2n) is 9.08. The molecule has 1 heterocycles. The number of nitrogens with two attached hydrogens (primary N) is 1. The molecule has 1 aliphatic heterocycles. The fourth-order valence-electron chi connectivity index (χ4n) is 5.99. The molecule has 2 aromatic carbocycles.